The normalized spacial score (nSPS) is 20.9. The highest BCUT2D eigenvalue weighted by Crippen LogP contribution is 2.42. The van der Waals surface area contributed by atoms with E-state index in [1.54, 1.807) is 0 Å². The van der Waals surface area contributed by atoms with Crippen molar-refractivity contribution in [1.29, 1.82) is 0 Å². The van der Waals surface area contributed by atoms with Crippen molar-refractivity contribution in [2.24, 2.45) is 0 Å². The minimum atomic E-state index is -1.31. The standard InChI is InChI=1S/C20H33BO2Si/c1-9-17(16-13-11-10-12-14-16)18(15-24(6,7)8)21-22-19(2,3)20(4,5)23-21/h10-14H,9,15H2,1-8H3/b18-17-. The van der Waals surface area contributed by atoms with Crippen molar-refractivity contribution in [3.63, 3.8) is 0 Å². The van der Waals surface area contributed by atoms with Crippen LogP contribution in [0.2, 0.25) is 25.7 Å². The van der Waals surface area contributed by atoms with Crippen molar-refractivity contribution in [3.8, 4) is 0 Å². The highest BCUT2D eigenvalue weighted by atomic mass is 28.3. The molecule has 132 valence electrons. The van der Waals surface area contributed by atoms with E-state index in [9.17, 15) is 0 Å². The third-order valence-corrected chi connectivity index (χ3v) is 6.56. The molecule has 1 aliphatic rings. The lowest BCUT2D eigenvalue weighted by atomic mass is 9.74. The zero-order valence-electron chi connectivity index (χ0n) is 16.7. The van der Waals surface area contributed by atoms with Crippen molar-refractivity contribution in [2.45, 2.75) is 77.9 Å². The first kappa shape index (κ1) is 19.5. The molecule has 2 nitrogen and oxygen atoms in total. The average molecular weight is 344 g/mol. The molecular formula is C20H33BO2Si. The molecule has 0 N–H and O–H groups in total. The highest BCUT2D eigenvalue weighted by Gasteiger charge is 2.53. The molecule has 1 aromatic rings. The smallest absolute Gasteiger partial charge is 0.400 e. The Kier molecular flexibility index (Phi) is 5.53. The summed E-state index contributed by atoms with van der Waals surface area (Å²) >= 11 is 0. The molecule has 0 spiro atoms. The van der Waals surface area contributed by atoms with Gasteiger partial charge in [-0.2, -0.15) is 0 Å². The van der Waals surface area contributed by atoms with Crippen LogP contribution in [0, 0.1) is 0 Å². The third kappa shape index (κ3) is 4.22. The molecule has 1 fully saturated rings. The van der Waals surface area contributed by atoms with Gasteiger partial charge in [-0.05, 0) is 56.8 Å². The molecule has 1 aromatic carbocycles. The van der Waals surface area contributed by atoms with Crippen LogP contribution in [0.1, 0.15) is 46.6 Å². The second-order valence-electron chi connectivity index (χ2n) is 9.05. The van der Waals surface area contributed by atoms with Crippen LogP contribution < -0.4 is 0 Å². The third-order valence-electron chi connectivity index (χ3n) is 5.12. The lowest BCUT2D eigenvalue weighted by Gasteiger charge is -2.32. The Morgan fingerprint density at radius 3 is 1.88 bits per heavy atom. The fraction of sp³-hybridized carbons (Fsp3) is 0.600. The van der Waals surface area contributed by atoms with Crippen LogP contribution in [0.15, 0.2) is 35.8 Å². The second kappa shape index (κ2) is 6.81. The maximum atomic E-state index is 6.42. The summed E-state index contributed by atoms with van der Waals surface area (Å²) in [4.78, 5) is 0. The molecule has 0 saturated carbocycles. The van der Waals surface area contributed by atoms with E-state index in [1.807, 2.05) is 0 Å². The van der Waals surface area contributed by atoms with E-state index >= 15 is 0 Å². The van der Waals surface area contributed by atoms with Crippen LogP contribution in [-0.4, -0.2) is 26.4 Å². The van der Waals surface area contributed by atoms with Gasteiger partial charge in [0.2, 0.25) is 0 Å². The Hall–Kier alpha value is -0.838. The molecule has 0 radical (unpaired) electrons. The molecule has 0 unspecified atom stereocenters. The van der Waals surface area contributed by atoms with Gasteiger partial charge in [0, 0.05) is 8.07 Å². The fourth-order valence-electron chi connectivity index (χ4n) is 3.14. The monoisotopic (exact) mass is 344 g/mol. The van der Waals surface area contributed by atoms with E-state index in [-0.39, 0.29) is 18.3 Å². The molecule has 24 heavy (non-hydrogen) atoms. The summed E-state index contributed by atoms with van der Waals surface area (Å²) in [6.07, 6.45) is 0.994. The van der Waals surface area contributed by atoms with E-state index < -0.39 is 8.07 Å². The van der Waals surface area contributed by atoms with Crippen LogP contribution in [0.3, 0.4) is 0 Å². The summed E-state index contributed by atoms with van der Waals surface area (Å²) in [6, 6.07) is 11.8. The first-order chi connectivity index (χ1) is 11.0. The van der Waals surface area contributed by atoms with Crippen LogP contribution in [-0.2, 0) is 9.31 Å². The Labute approximate surface area is 149 Å². The first-order valence-electron chi connectivity index (χ1n) is 9.10. The van der Waals surface area contributed by atoms with E-state index in [0.717, 1.165) is 12.5 Å². The zero-order chi connectivity index (χ0) is 18.2. The predicted molar refractivity (Wildman–Crippen MR) is 108 cm³/mol. The van der Waals surface area contributed by atoms with E-state index in [4.69, 9.17) is 9.31 Å². The van der Waals surface area contributed by atoms with Gasteiger partial charge in [0.25, 0.3) is 0 Å². The quantitative estimate of drug-likeness (QED) is 0.627. The second-order valence-corrected chi connectivity index (χ2v) is 14.5. The minimum Gasteiger partial charge on any atom is -0.400 e. The SMILES string of the molecule is CC/C(=C(\C[Si](C)(C)C)B1OC(C)(C)C(C)(C)O1)c1ccccc1. The molecule has 0 amide bonds. The van der Waals surface area contributed by atoms with Crippen molar-refractivity contribution < 1.29 is 9.31 Å². The zero-order valence-corrected chi connectivity index (χ0v) is 17.7. The Morgan fingerprint density at radius 2 is 1.46 bits per heavy atom. The minimum absolute atomic E-state index is 0.239. The number of hydrogen-bond donors (Lipinski definition) is 0. The molecular weight excluding hydrogens is 311 g/mol. The number of allylic oxidation sites excluding steroid dienone is 2. The molecule has 4 heteroatoms. The van der Waals surface area contributed by atoms with Gasteiger partial charge >= 0.3 is 7.12 Å². The van der Waals surface area contributed by atoms with Crippen LogP contribution in [0.4, 0.5) is 0 Å². The summed E-state index contributed by atoms with van der Waals surface area (Å²) in [5.74, 6) is 0. The molecule has 0 aliphatic carbocycles. The molecule has 0 atom stereocenters. The summed E-state index contributed by atoms with van der Waals surface area (Å²) in [5.41, 5.74) is 3.44. The van der Waals surface area contributed by atoms with Crippen LogP contribution in [0.25, 0.3) is 5.57 Å². The van der Waals surface area contributed by atoms with Gasteiger partial charge in [-0.1, -0.05) is 56.9 Å². The molecule has 1 saturated heterocycles. The Morgan fingerprint density at radius 1 is 0.958 bits per heavy atom. The number of benzene rings is 1. The molecule has 1 aliphatic heterocycles. The molecule has 0 aromatic heterocycles. The maximum Gasteiger partial charge on any atom is 0.490 e. The van der Waals surface area contributed by atoms with Crippen molar-refractivity contribution >= 4 is 20.8 Å². The number of rotatable bonds is 5. The van der Waals surface area contributed by atoms with Crippen molar-refractivity contribution in [3.05, 3.63) is 41.4 Å². The Balaban J connectivity index is 2.51. The summed E-state index contributed by atoms with van der Waals surface area (Å²) in [6.45, 7) is 18.0. The van der Waals surface area contributed by atoms with Gasteiger partial charge in [0.1, 0.15) is 0 Å². The maximum absolute atomic E-state index is 6.42. The predicted octanol–water partition coefficient (Wildman–Crippen LogP) is 5.82. The summed E-state index contributed by atoms with van der Waals surface area (Å²) < 4.78 is 12.8. The number of hydrogen-bond acceptors (Lipinski definition) is 2. The molecule has 0 bridgehead atoms. The van der Waals surface area contributed by atoms with Crippen LogP contribution >= 0.6 is 0 Å². The summed E-state index contributed by atoms with van der Waals surface area (Å²) in [7, 11) is -1.55. The lowest BCUT2D eigenvalue weighted by molar-refractivity contribution is 0.00578. The van der Waals surface area contributed by atoms with Gasteiger partial charge in [-0.15, -0.1) is 0 Å². The van der Waals surface area contributed by atoms with Gasteiger partial charge in [-0.25, -0.2) is 0 Å². The van der Waals surface area contributed by atoms with Crippen molar-refractivity contribution in [1.82, 2.24) is 0 Å². The fourth-order valence-corrected chi connectivity index (χ4v) is 4.67. The van der Waals surface area contributed by atoms with Gasteiger partial charge in [0.05, 0.1) is 11.2 Å². The van der Waals surface area contributed by atoms with E-state index in [1.165, 1.54) is 16.6 Å². The molecule has 2 rings (SSSR count). The van der Waals surface area contributed by atoms with Crippen molar-refractivity contribution in [2.75, 3.05) is 0 Å². The van der Waals surface area contributed by atoms with Gasteiger partial charge < -0.3 is 9.31 Å². The van der Waals surface area contributed by atoms with Gasteiger partial charge in [-0.3, -0.25) is 0 Å². The highest BCUT2D eigenvalue weighted by molar-refractivity contribution is 6.78. The molecule has 1 heterocycles. The Bertz CT molecular complexity index is 584. The van der Waals surface area contributed by atoms with Crippen LogP contribution in [0.5, 0.6) is 0 Å². The largest absolute Gasteiger partial charge is 0.490 e. The topological polar surface area (TPSA) is 18.5 Å². The van der Waals surface area contributed by atoms with E-state index in [0.29, 0.717) is 0 Å². The first-order valence-corrected chi connectivity index (χ1v) is 12.8. The average Bonchev–Trinajstić information content (AvgIpc) is 2.67. The van der Waals surface area contributed by atoms with E-state index in [2.05, 4.69) is 84.6 Å². The lowest BCUT2D eigenvalue weighted by Crippen LogP contribution is -2.41. The summed E-state index contributed by atoms with van der Waals surface area (Å²) in [5, 5.41) is 0. The van der Waals surface area contributed by atoms with Gasteiger partial charge in [0.15, 0.2) is 0 Å².